The maximum atomic E-state index is 11.4. The molecule has 0 saturated carbocycles. The fourth-order valence-electron chi connectivity index (χ4n) is 1.89. The molecule has 1 aliphatic rings. The van der Waals surface area contributed by atoms with Gasteiger partial charge in [0.2, 0.25) is 0 Å². The Balaban J connectivity index is 2.15. The number of hydrogen-bond donors (Lipinski definition) is 1. The number of hydrogen-bond acceptors (Lipinski definition) is 5. The van der Waals surface area contributed by atoms with Crippen molar-refractivity contribution in [2.45, 2.75) is 32.2 Å². The minimum atomic E-state index is -2.87. The highest BCUT2D eigenvalue weighted by atomic mass is 79.9. The van der Waals surface area contributed by atoms with Gasteiger partial charge in [0.25, 0.3) is 0 Å². The van der Waals surface area contributed by atoms with Crippen LogP contribution >= 0.6 is 15.9 Å². The highest BCUT2D eigenvalue weighted by Gasteiger charge is 2.28. The van der Waals surface area contributed by atoms with Crippen LogP contribution in [0.15, 0.2) is 10.7 Å². The average molecular weight is 334 g/mol. The summed E-state index contributed by atoms with van der Waals surface area (Å²) in [5.74, 6) is 2.10. The second-order valence-electron chi connectivity index (χ2n) is 4.83. The Morgan fingerprint density at radius 1 is 1.44 bits per heavy atom. The van der Waals surface area contributed by atoms with Crippen molar-refractivity contribution in [1.82, 2.24) is 9.97 Å². The van der Waals surface area contributed by atoms with Crippen LogP contribution in [0, 0.1) is 0 Å². The Bertz CT molecular complexity index is 545. The molecule has 1 aromatic heterocycles. The third-order valence-electron chi connectivity index (χ3n) is 2.81. The van der Waals surface area contributed by atoms with Crippen LogP contribution < -0.4 is 5.32 Å². The molecule has 0 spiro atoms. The molecule has 7 heteroatoms. The number of nitrogens with one attached hydrogen (secondary N) is 1. The lowest BCUT2D eigenvalue weighted by molar-refractivity contribution is 0.602. The molecule has 1 atom stereocenters. The third kappa shape index (κ3) is 3.41. The summed E-state index contributed by atoms with van der Waals surface area (Å²) in [7, 11) is -2.87. The Kier molecular flexibility index (Phi) is 3.91. The van der Waals surface area contributed by atoms with E-state index in [-0.39, 0.29) is 23.5 Å². The van der Waals surface area contributed by atoms with Crippen LogP contribution in [-0.4, -0.2) is 35.9 Å². The molecule has 0 amide bonds. The smallest absolute Gasteiger partial charge is 0.152 e. The summed E-state index contributed by atoms with van der Waals surface area (Å²) in [5.41, 5.74) is 0. The van der Waals surface area contributed by atoms with Crippen molar-refractivity contribution >= 4 is 31.6 Å². The molecule has 5 nitrogen and oxygen atoms in total. The molecule has 1 saturated heterocycles. The second-order valence-corrected chi connectivity index (χ2v) is 7.87. The third-order valence-corrected chi connectivity index (χ3v) is 4.99. The largest absolute Gasteiger partial charge is 0.366 e. The fourth-order valence-corrected chi connectivity index (χ4v) is 3.96. The first kappa shape index (κ1) is 13.7. The lowest BCUT2D eigenvalue weighted by atomic mass is 10.2. The maximum Gasteiger partial charge on any atom is 0.152 e. The van der Waals surface area contributed by atoms with Gasteiger partial charge in [-0.15, -0.1) is 0 Å². The van der Waals surface area contributed by atoms with Gasteiger partial charge in [-0.2, -0.15) is 0 Å². The first-order chi connectivity index (χ1) is 8.35. The minimum absolute atomic E-state index is 0.0446. The Morgan fingerprint density at radius 3 is 2.72 bits per heavy atom. The van der Waals surface area contributed by atoms with E-state index in [4.69, 9.17) is 0 Å². The van der Waals surface area contributed by atoms with E-state index in [1.165, 1.54) is 0 Å². The monoisotopic (exact) mass is 333 g/mol. The zero-order chi connectivity index (χ0) is 13.3. The number of rotatable bonds is 3. The zero-order valence-corrected chi connectivity index (χ0v) is 12.8. The number of anilines is 1. The molecule has 1 aromatic rings. The van der Waals surface area contributed by atoms with Crippen molar-refractivity contribution in [2.75, 3.05) is 16.8 Å². The van der Waals surface area contributed by atoms with E-state index in [0.29, 0.717) is 16.8 Å². The van der Waals surface area contributed by atoms with E-state index in [1.807, 2.05) is 13.8 Å². The van der Waals surface area contributed by atoms with Crippen LogP contribution in [0.25, 0.3) is 0 Å². The summed E-state index contributed by atoms with van der Waals surface area (Å²) in [5, 5.41) is 3.17. The van der Waals surface area contributed by atoms with Crippen LogP contribution in [-0.2, 0) is 9.84 Å². The van der Waals surface area contributed by atoms with Gasteiger partial charge in [0.15, 0.2) is 9.84 Å². The first-order valence-corrected chi connectivity index (χ1v) is 8.48. The van der Waals surface area contributed by atoms with Crippen molar-refractivity contribution < 1.29 is 8.42 Å². The molecule has 1 N–H and O–H groups in total. The summed E-state index contributed by atoms with van der Waals surface area (Å²) in [4.78, 5) is 8.68. The summed E-state index contributed by atoms with van der Waals surface area (Å²) in [6.07, 6.45) is 0.640. The topological polar surface area (TPSA) is 72.0 Å². The number of nitrogens with zero attached hydrogens (tertiary/aromatic N) is 2. The molecule has 18 heavy (non-hydrogen) atoms. The van der Waals surface area contributed by atoms with Crippen molar-refractivity contribution in [2.24, 2.45) is 0 Å². The molecular weight excluding hydrogens is 318 g/mol. The van der Waals surface area contributed by atoms with Gasteiger partial charge in [-0.3, -0.25) is 0 Å². The maximum absolute atomic E-state index is 11.4. The second kappa shape index (κ2) is 5.13. The predicted octanol–water partition coefficient (Wildman–Crippen LogP) is 1.96. The van der Waals surface area contributed by atoms with E-state index in [1.54, 1.807) is 6.07 Å². The van der Waals surface area contributed by atoms with Gasteiger partial charge < -0.3 is 5.32 Å². The Morgan fingerprint density at radius 2 is 2.17 bits per heavy atom. The van der Waals surface area contributed by atoms with Crippen LogP contribution in [0.1, 0.15) is 32.0 Å². The summed E-state index contributed by atoms with van der Waals surface area (Å²) >= 11 is 3.34. The van der Waals surface area contributed by atoms with E-state index in [2.05, 4.69) is 31.2 Å². The summed E-state index contributed by atoms with van der Waals surface area (Å²) in [6, 6.07) is 1.73. The summed E-state index contributed by atoms with van der Waals surface area (Å²) < 4.78 is 23.5. The van der Waals surface area contributed by atoms with Gasteiger partial charge in [-0.1, -0.05) is 13.8 Å². The number of aromatic nitrogens is 2. The predicted molar refractivity (Wildman–Crippen MR) is 74.5 cm³/mol. The van der Waals surface area contributed by atoms with Crippen molar-refractivity contribution in [3.05, 3.63) is 16.5 Å². The van der Waals surface area contributed by atoms with Crippen molar-refractivity contribution in [3.63, 3.8) is 0 Å². The van der Waals surface area contributed by atoms with Crippen molar-refractivity contribution in [3.8, 4) is 0 Å². The number of sulfone groups is 1. The fraction of sp³-hybridized carbons (Fsp3) is 0.636. The van der Waals surface area contributed by atoms with Gasteiger partial charge in [-0.05, 0) is 22.4 Å². The SMILES string of the molecule is CC(C)c1nc(Br)cc(NC2CCS(=O)(=O)C2)n1. The van der Waals surface area contributed by atoms with Gasteiger partial charge >= 0.3 is 0 Å². The van der Waals surface area contributed by atoms with Crippen molar-refractivity contribution in [1.29, 1.82) is 0 Å². The van der Waals surface area contributed by atoms with E-state index in [0.717, 1.165) is 5.82 Å². The molecule has 0 aliphatic carbocycles. The van der Waals surface area contributed by atoms with Gasteiger partial charge in [0.05, 0.1) is 11.5 Å². The molecule has 2 heterocycles. The molecule has 2 rings (SSSR count). The minimum Gasteiger partial charge on any atom is -0.366 e. The average Bonchev–Trinajstić information content (AvgIpc) is 2.57. The molecule has 1 aliphatic heterocycles. The normalized spacial score (nSPS) is 22.3. The standard InChI is InChI=1S/C11H16BrN3O2S/c1-7(2)11-14-9(12)5-10(15-11)13-8-3-4-18(16,17)6-8/h5,7-8H,3-4,6H2,1-2H3,(H,13,14,15). The quantitative estimate of drug-likeness (QED) is 0.856. The molecule has 1 fully saturated rings. The van der Waals surface area contributed by atoms with E-state index in [9.17, 15) is 8.42 Å². The summed E-state index contributed by atoms with van der Waals surface area (Å²) in [6.45, 7) is 4.04. The van der Waals surface area contributed by atoms with E-state index < -0.39 is 9.84 Å². The zero-order valence-electron chi connectivity index (χ0n) is 10.4. The number of halogens is 1. The van der Waals surface area contributed by atoms with Crippen LogP contribution in [0.5, 0.6) is 0 Å². The molecule has 0 bridgehead atoms. The molecule has 0 radical (unpaired) electrons. The molecule has 0 aromatic carbocycles. The molecule has 1 unspecified atom stereocenters. The van der Waals surface area contributed by atoms with E-state index >= 15 is 0 Å². The highest BCUT2D eigenvalue weighted by Crippen LogP contribution is 2.20. The lowest BCUT2D eigenvalue weighted by Crippen LogP contribution is -2.21. The van der Waals surface area contributed by atoms with Crippen LogP contribution in [0.2, 0.25) is 0 Å². The Labute approximate surface area is 115 Å². The van der Waals surface area contributed by atoms with Gasteiger partial charge in [-0.25, -0.2) is 18.4 Å². The highest BCUT2D eigenvalue weighted by molar-refractivity contribution is 9.10. The Hall–Kier alpha value is -0.690. The van der Waals surface area contributed by atoms with Gasteiger partial charge in [0, 0.05) is 18.0 Å². The molecular formula is C11H16BrN3O2S. The molecule has 100 valence electrons. The lowest BCUT2D eigenvalue weighted by Gasteiger charge is -2.13. The van der Waals surface area contributed by atoms with Crippen LogP contribution in [0.3, 0.4) is 0 Å². The van der Waals surface area contributed by atoms with Crippen LogP contribution in [0.4, 0.5) is 5.82 Å². The van der Waals surface area contributed by atoms with Gasteiger partial charge in [0.1, 0.15) is 16.2 Å². The first-order valence-electron chi connectivity index (χ1n) is 5.87.